The molecule has 0 saturated carbocycles. The van der Waals surface area contributed by atoms with Crippen molar-refractivity contribution in [2.75, 3.05) is 34.0 Å². The molecule has 2 heterocycles. The number of halogens is 4. The van der Waals surface area contributed by atoms with E-state index in [1.165, 1.54) is 40.2 Å². The standard InChI is InChI=1S/C32H31F4N7O3S/c1-5-41(6-2)22-10-13-24(19(3)4)27(16-22)43-28(44)17-47-31(43)39-30(45)38-26-14-7-20(15-25(26)33)29-37-18-42(40-29)21-8-11-23(12-9-21)46-32(34,35)36/h7-16,18-19H,5-6,17H2,1-4H3,(H,38,45). The first kappa shape index (κ1) is 33.4. The Morgan fingerprint density at radius 1 is 1.09 bits per heavy atom. The molecule has 0 radical (unpaired) electrons. The number of carbonyl (C=O) groups is 2. The van der Waals surface area contributed by atoms with Gasteiger partial charge < -0.3 is 15.0 Å². The molecule has 1 aliphatic heterocycles. The van der Waals surface area contributed by atoms with Crippen LogP contribution in [-0.4, -0.2) is 57.1 Å². The summed E-state index contributed by atoms with van der Waals surface area (Å²) in [5.41, 5.74) is 3.07. The lowest BCUT2D eigenvalue weighted by atomic mass is 9.99. The lowest BCUT2D eigenvalue weighted by molar-refractivity contribution is -0.274. The molecule has 0 spiro atoms. The van der Waals surface area contributed by atoms with Crippen LogP contribution in [0.15, 0.2) is 72.0 Å². The molecule has 4 aromatic rings. The normalized spacial score (nSPS) is 14.3. The van der Waals surface area contributed by atoms with E-state index < -0.39 is 18.2 Å². The van der Waals surface area contributed by atoms with Gasteiger partial charge in [-0.05, 0) is 79.9 Å². The first-order chi connectivity index (χ1) is 22.4. The Labute approximate surface area is 272 Å². The number of nitrogens with one attached hydrogen (secondary N) is 1. The number of rotatable bonds is 9. The number of thioether (sulfide) groups is 1. The second-order valence-corrected chi connectivity index (χ2v) is 11.6. The maximum atomic E-state index is 15.1. The van der Waals surface area contributed by atoms with Crippen molar-refractivity contribution in [2.24, 2.45) is 4.99 Å². The predicted molar refractivity (Wildman–Crippen MR) is 174 cm³/mol. The molecule has 1 aliphatic rings. The third kappa shape index (κ3) is 7.73. The number of amidine groups is 1. The lowest BCUT2D eigenvalue weighted by Gasteiger charge is -2.26. The topological polar surface area (TPSA) is 105 Å². The first-order valence-corrected chi connectivity index (χ1v) is 15.7. The fourth-order valence-corrected chi connectivity index (χ4v) is 5.85. The number of aliphatic imine (C=N–C) groups is 1. The molecule has 246 valence electrons. The van der Waals surface area contributed by atoms with Crippen LogP contribution in [0.2, 0.25) is 0 Å². The quantitative estimate of drug-likeness (QED) is 0.183. The smallest absolute Gasteiger partial charge is 0.406 e. The third-order valence-electron chi connectivity index (χ3n) is 7.26. The summed E-state index contributed by atoms with van der Waals surface area (Å²) in [5, 5.41) is 6.90. The molecule has 10 nitrogen and oxygen atoms in total. The number of nitrogens with zero attached hydrogens (tertiary/aromatic N) is 6. The van der Waals surface area contributed by atoms with Crippen LogP contribution in [-0.2, 0) is 4.79 Å². The molecule has 1 aromatic heterocycles. The van der Waals surface area contributed by atoms with Gasteiger partial charge >= 0.3 is 12.4 Å². The molecular formula is C32H31F4N7O3S. The van der Waals surface area contributed by atoms with Crippen LogP contribution in [0.1, 0.15) is 39.2 Å². The number of hydrogen-bond donors (Lipinski definition) is 1. The Bertz CT molecular complexity index is 1810. The highest BCUT2D eigenvalue weighted by molar-refractivity contribution is 8.15. The van der Waals surface area contributed by atoms with Crippen molar-refractivity contribution in [2.45, 2.75) is 40.0 Å². The number of amides is 3. The number of benzene rings is 3. The predicted octanol–water partition coefficient (Wildman–Crippen LogP) is 7.61. The fourth-order valence-electron chi connectivity index (χ4n) is 4.99. The number of ether oxygens (including phenoxy) is 1. The molecule has 1 N–H and O–H groups in total. The van der Waals surface area contributed by atoms with Gasteiger partial charge in [0.15, 0.2) is 11.0 Å². The number of urea groups is 1. The number of anilines is 3. The summed E-state index contributed by atoms with van der Waals surface area (Å²) >= 11 is 1.13. The fraction of sp³-hybridized carbons (Fsp3) is 0.281. The molecule has 15 heteroatoms. The van der Waals surface area contributed by atoms with E-state index in [1.807, 2.05) is 45.9 Å². The first-order valence-electron chi connectivity index (χ1n) is 14.7. The van der Waals surface area contributed by atoms with Gasteiger partial charge in [0.05, 0.1) is 22.8 Å². The molecule has 3 aromatic carbocycles. The highest BCUT2D eigenvalue weighted by atomic mass is 32.2. The zero-order chi connectivity index (χ0) is 33.9. The van der Waals surface area contributed by atoms with E-state index in [0.29, 0.717) is 16.9 Å². The maximum absolute atomic E-state index is 15.1. The van der Waals surface area contributed by atoms with Crippen LogP contribution >= 0.6 is 11.8 Å². The van der Waals surface area contributed by atoms with Crippen molar-refractivity contribution < 1.29 is 31.9 Å². The van der Waals surface area contributed by atoms with E-state index >= 15 is 4.39 Å². The minimum Gasteiger partial charge on any atom is -0.406 e. The summed E-state index contributed by atoms with van der Waals surface area (Å²) in [7, 11) is 0. The van der Waals surface area contributed by atoms with Crippen molar-refractivity contribution in [3.05, 3.63) is 78.4 Å². The summed E-state index contributed by atoms with van der Waals surface area (Å²) in [6, 6.07) is 14.1. The largest absolute Gasteiger partial charge is 0.573 e. The highest BCUT2D eigenvalue weighted by Crippen LogP contribution is 2.36. The van der Waals surface area contributed by atoms with Gasteiger partial charge in [0.1, 0.15) is 17.9 Å². The molecule has 0 aliphatic carbocycles. The van der Waals surface area contributed by atoms with Gasteiger partial charge in [-0.25, -0.2) is 18.9 Å². The zero-order valence-corrected chi connectivity index (χ0v) is 26.7. The van der Waals surface area contributed by atoms with E-state index in [2.05, 4.69) is 30.0 Å². The molecule has 5 rings (SSSR count). The van der Waals surface area contributed by atoms with Gasteiger partial charge in [0.25, 0.3) is 0 Å². The van der Waals surface area contributed by atoms with Crippen molar-refractivity contribution >= 4 is 45.9 Å². The zero-order valence-electron chi connectivity index (χ0n) is 25.9. The van der Waals surface area contributed by atoms with Crippen LogP contribution < -0.4 is 19.9 Å². The second-order valence-electron chi connectivity index (χ2n) is 10.7. The van der Waals surface area contributed by atoms with E-state index in [0.717, 1.165) is 54.3 Å². The number of aromatic nitrogens is 3. The average Bonchev–Trinajstić information content (AvgIpc) is 3.65. The van der Waals surface area contributed by atoms with Gasteiger partial charge in [-0.2, -0.15) is 4.99 Å². The number of hydrogen-bond acceptors (Lipinski definition) is 7. The molecule has 0 atom stereocenters. The summed E-state index contributed by atoms with van der Waals surface area (Å²) in [6.07, 6.45) is -3.48. The molecule has 0 bridgehead atoms. The van der Waals surface area contributed by atoms with Crippen LogP contribution in [0.3, 0.4) is 0 Å². The van der Waals surface area contributed by atoms with E-state index in [9.17, 15) is 22.8 Å². The molecule has 3 amide bonds. The van der Waals surface area contributed by atoms with Gasteiger partial charge in [-0.15, -0.1) is 18.3 Å². The third-order valence-corrected chi connectivity index (χ3v) is 8.19. The Kier molecular flexibility index (Phi) is 9.84. The Morgan fingerprint density at radius 3 is 2.45 bits per heavy atom. The van der Waals surface area contributed by atoms with Crippen LogP contribution in [0, 0.1) is 5.82 Å². The number of carbonyl (C=O) groups excluding carboxylic acids is 2. The molecule has 0 unspecified atom stereocenters. The second kappa shape index (κ2) is 13.8. The van der Waals surface area contributed by atoms with E-state index in [1.54, 1.807) is 0 Å². The van der Waals surface area contributed by atoms with Crippen molar-refractivity contribution in [3.8, 4) is 22.8 Å². The lowest BCUT2D eigenvalue weighted by Crippen LogP contribution is -2.32. The SMILES string of the molecule is CCN(CC)c1ccc(C(C)C)c(N2C(=O)CSC2=NC(=O)Nc2ccc(-c3ncn(-c4ccc(OC(F)(F)F)cc4)n3)cc2F)c1. The van der Waals surface area contributed by atoms with Crippen LogP contribution in [0.5, 0.6) is 5.75 Å². The molecule has 1 fully saturated rings. The summed E-state index contributed by atoms with van der Waals surface area (Å²) in [4.78, 5) is 37.9. The highest BCUT2D eigenvalue weighted by Gasteiger charge is 2.33. The maximum Gasteiger partial charge on any atom is 0.573 e. The minimum absolute atomic E-state index is 0.0937. The Hall–Kier alpha value is -4.92. The van der Waals surface area contributed by atoms with Gasteiger partial charge in [-0.3, -0.25) is 9.69 Å². The number of alkyl halides is 3. The summed E-state index contributed by atoms with van der Waals surface area (Å²) in [5.74, 6) is -1.04. The van der Waals surface area contributed by atoms with Gasteiger partial charge in [0.2, 0.25) is 5.91 Å². The van der Waals surface area contributed by atoms with Crippen LogP contribution in [0.25, 0.3) is 17.1 Å². The average molecular weight is 670 g/mol. The Balaban J connectivity index is 1.33. The van der Waals surface area contributed by atoms with Crippen molar-refractivity contribution in [3.63, 3.8) is 0 Å². The van der Waals surface area contributed by atoms with Crippen molar-refractivity contribution in [1.29, 1.82) is 0 Å². The van der Waals surface area contributed by atoms with E-state index in [-0.39, 0.29) is 40.0 Å². The summed E-state index contributed by atoms with van der Waals surface area (Å²) < 4.78 is 57.6. The van der Waals surface area contributed by atoms with Gasteiger partial charge in [0, 0.05) is 24.3 Å². The molecule has 47 heavy (non-hydrogen) atoms. The molecular weight excluding hydrogens is 638 g/mol. The minimum atomic E-state index is -4.81. The Morgan fingerprint density at radius 2 is 1.81 bits per heavy atom. The monoisotopic (exact) mass is 669 g/mol. The van der Waals surface area contributed by atoms with Crippen molar-refractivity contribution in [1.82, 2.24) is 14.8 Å². The van der Waals surface area contributed by atoms with Gasteiger partial charge in [-0.1, -0.05) is 31.7 Å². The van der Waals surface area contributed by atoms with Crippen LogP contribution in [0.4, 0.5) is 39.4 Å². The molecule has 1 saturated heterocycles. The summed E-state index contributed by atoms with van der Waals surface area (Å²) in [6.45, 7) is 9.70. The van der Waals surface area contributed by atoms with E-state index in [4.69, 9.17) is 0 Å².